The van der Waals surface area contributed by atoms with E-state index in [1.807, 2.05) is 0 Å². The fraction of sp³-hybridized carbons (Fsp3) is 1.00. The second kappa shape index (κ2) is 2.84. The van der Waals surface area contributed by atoms with Gasteiger partial charge in [-0.3, -0.25) is 0 Å². The number of halogens is 1. The number of aliphatic hydroxyl groups is 1. The normalized spacial score (nSPS) is 41.7. The van der Waals surface area contributed by atoms with Gasteiger partial charge in [0.1, 0.15) is 5.67 Å². The van der Waals surface area contributed by atoms with Crippen LogP contribution in [0.15, 0.2) is 0 Å². The van der Waals surface area contributed by atoms with Crippen molar-refractivity contribution in [3.05, 3.63) is 0 Å². The van der Waals surface area contributed by atoms with Crippen molar-refractivity contribution in [1.29, 1.82) is 0 Å². The zero-order valence-electron chi connectivity index (χ0n) is 6.02. The van der Waals surface area contributed by atoms with E-state index in [4.69, 9.17) is 10.8 Å². The largest absolute Gasteiger partial charge is 0.393 e. The Morgan fingerprint density at radius 1 is 1.50 bits per heavy atom. The van der Waals surface area contributed by atoms with Crippen LogP contribution in [0.2, 0.25) is 0 Å². The van der Waals surface area contributed by atoms with Crippen molar-refractivity contribution in [3.63, 3.8) is 0 Å². The third kappa shape index (κ3) is 1.67. The van der Waals surface area contributed by atoms with Crippen LogP contribution in [0, 0.1) is 0 Å². The third-order valence-corrected chi connectivity index (χ3v) is 2.22. The first kappa shape index (κ1) is 7.95. The number of rotatable bonds is 1. The summed E-state index contributed by atoms with van der Waals surface area (Å²) in [5.41, 5.74) is 4.04. The molecular formula is C7H14FNO. The first-order valence-electron chi connectivity index (χ1n) is 3.73. The molecule has 0 aliphatic heterocycles. The van der Waals surface area contributed by atoms with Crippen LogP contribution < -0.4 is 5.73 Å². The fourth-order valence-electron chi connectivity index (χ4n) is 1.32. The predicted octanol–water partition coefficient (Wildman–Crippen LogP) is 0.588. The van der Waals surface area contributed by atoms with Gasteiger partial charge in [0.2, 0.25) is 0 Å². The molecule has 1 fully saturated rings. The molecule has 1 aliphatic carbocycles. The van der Waals surface area contributed by atoms with Gasteiger partial charge in [0.15, 0.2) is 0 Å². The second-order valence-corrected chi connectivity index (χ2v) is 3.09. The summed E-state index contributed by atoms with van der Waals surface area (Å²) in [6, 6.07) is 0. The minimum absolute atomic E-state index is 0.0969. The summed E-state index contributed by atoms with van der Waals surface area (Å²) in [7, 11) is 0. The molecule has 0 spiro atoms. The standard InChI is InChI=1S/C7H14FNO/c8-7(5-9)3-1-6(10)2-4-7/h6,10H,1-5,9H2/t6-,7-. The highest BCUT2D eigenvalue weighted by Gasteiger charge is 2.32. The van der Waals surface area contributed by atoms with E-state index >= 15 is 0 Å². The van der Waals surface area contributed by atoms with Crippen LogP contribution in [-0.2, 0) is 0 Å². The molecule has 60 valence electrons. The maximum absolute atomic E-state index is 13.2. The van der Waals surface area contributed by atoms with Gasteiger partial charge in [-0.05, 0) is 25.7 Å². The Labute approximate surface area is 60.2 Å². The summed E-state index contributed by atoms with van der Waals surface area (Å²) in [6.45, 7) is 0.0969. The zero-order valence-corrected chi connectivity index (χ0v) is 6.02. The molecule has 0 amide bonds. The molecular weight excluding hydrogens is 133 g/mol. The predicted molar refractivity (Wildman–Crippen MR) is 37.4 cm³/mol. The van der Waals surface area contributed by atoms with Crippen molar-refractivity contribution < 1.29 is 9.50 Å². The highest BCUT2D eigenvalue weighted by Crippen LogP contribution is 2.30. The van der Waals surface area contributed by atoms with Gasteiger partial charge >= 0.3 is 0 Å². The Morgan fingerprint density at radius 2 is 2.00 bits per heavy atom. The molecule has 10 heavy (non-hydrogen) atoms. The molecule has 0 unspecified atom stereocenters. The number of alkyl halides is 1. The average molecular weight is 147 g/mol. The van der Waals surface area contributed by atoms with E-state index in [0.29, 0.717) is 25.7 Å². The Morgan fingerprint density at radius 3 is 2.40 bits per heavy atom. The van der Waals surface area contributed by atoms with E-state index in [1.165, 1.54) is 0 Å². The maximum atomic E-state index is 13.2. The van der Waals surface area contributed by atoms with Gasteiger partial charge in [-0.25, -0.2) is 4.39 Å². The molecule has 0 atom stereocenters. The van der Waals surface area contributed by atoms with E-state index < -0.39 is 5.67 Å². The molecule has 0 bridgehead atoms. The molecule has 0 aromatic rings. The van der Waals surface area contributed by atoms with Gasteiger partial charge in [0, 0.05) is 6.54 Å². The van der Waals surface area contributed by atoms with Gasteiger partial charge in [0.05, 0.1) is 6.10 Å². The maximum Gasteiger partial charge on any atom is 0.123 e. The summed E-state index contributed by atoms with van der Waals surface area (Å²) < 4.78 is 13.2. The number of aliphatic hydroxyl groups excluding tert-OH is 1. The molecule has 1 rings (SSSR count). The number of hydrogen-bond acceptors (Lipinski definition) is 2. The molecule has 0 saturated heterocycles. The van der Waals surface area contributed by atoms with Crippen molar-refractivity contribution in [2.24, 2.45) is 5.73 Å². The van der Waals surface area contributed by atoms with Crippen molar-refractivity contribution in [3.8, 4) is 0 Å². The van der Waals surface area contributed by atoms with E-state index in [2.05, 4.69) is 0 Å². The van der Waals surface area contributed by atoms with Crippen molar-refractivity contribution in [1.82, 2.24) is 0 Å². The number of nitrogens with two attached hydrogens (primary N) is 1. The van der Waals surface area contributed by atoms with E-state index in [-0.39, 0.29) is 12.6 Å². The summed E-state index contributed by atoms with van der Waals surface area (Å²) in [4.78, 5) is 0. The molecule has 0 aromatic heterocycles. The monoisotopic (exact) mass is 147 g/mol. The third-order valence-electron chi connectivity index (χ3n) is 2.22. The van der Waals surface area contributed by atoms with Crippen LogP contribution in [0.5, 0.6) is 0 Å². The zero-order chi connectivity index (χ0) is 7.61. The second-order valence-electron chi connectivity index (χ2n) is 3.09. The first-order valence-corrected chi connectivity index (χ1v) is 3.73. The van der Waals surface area contributed by atoms with E-state index in [9.17, 15) is 4.39 Å². The first-order chi connectivity index (χ1) is 4.66. The van der Waals surface area contributed by atoms with Gasteiger partial charge < -0.3 is 10.8 Å². The molecule has 0 aromatic carbocycles. The summed E-state index contributed by atoms with van der Waals surface area (Å²) >= 11 is 0. The van der Waals surface area contributed by atoms with Crippen LogP contribution in [-0.4, -0.2) is 23.4 Å². The molecule has 3 heteroatoms. The minimum atomic E-state index is -1.18. The van der Waals surface area contributed by atoms with E-state index in [0.717, 1.165) is 0 Å². The SMILES string of the molecule is NC[C@]1(F)CC[C@H](O)CC1. The lowest BCUT2D eigenvalue weighted by molar-refractivity contribution is 0.0390. The summed E-state index contributed by atoms with van der Waals surface area (Å²) in [5, 5.41) is 9.03. The lowest BCUT2D eigenvalue weighted by atomic mass is 9.85. The lowest BCUT2D eigenvalue weighted by Gasteiger charge is -2.30. The topological polar surface area (TPSA) is 46.2 Å². The van der Waals surface area contributed by atoms with Crippen LogP contribution in [0.1, 0.15) is 25.7 Å². The quantitative estimate of drug-likeness (QED) is 0.570. The van der Waals surface area contributed by atoms with Gasteiger partial charge in [0.25, 0.3) is 0 Å². The highest BCUT2D eigenvalue weighted by molar-refractivity contribution is 4.86. The van der Waals surface area contributed by atoms with Gasteiger partial charge in [-0.2, -0.15) is 0 Å². The lowest BCUT2D eigenvalue weighted by Crippen LogP contribution is -2.38. The molecule has 1 aliphatic rings. The van der Waals surface area contributed by atoms with E-state index in [1.54, 1.807) is 0 Å². The smallest absolute Gasteiger partial charge is 0.123 e. The van der Waals surface area contributed by atoms with Gasteiger partial charge in [-0.1, -0.05) is 0 Å². The summed E-state index contributed by atoms with van der Waals surface area (Å²) in [6.07, 6.45) is 1.67. The molecule has 0 heterocycles. The number of hydrogen-bond donors (Lipinski definition) is 2. The minimum Gasteiger partial charge on any atom is -0.393 e. The molecule has 0 radical (unpaired) electrons. The Bertz CT molecular complexity index is 110. The highest BCUT2D eigenvalue weighted by atomic mass is 19.1. The van der Waals surface area contributed by atoms with Crippen molar-refractivity contribution >= 4 is 0 Å². The van der Waals surface area contributed by atoms with Crippen molar-refractivity contribution in [2.75, 3.05) is 6.54 Å². The fourth-order valence-corrected chi connectivity index (χ4v) is 1.32. The Hall–Kier alpha value is -0.150. The van der Waals surface area contributed by atoms with Crippen LogP contribution >= 0.6 is 0 Å². The molecule has 2 nitrogen and oxygen atoms in total. The summed E-state index contributed by atoms with van der Waals surface area (Å²) in [5.74, 6) is 0. The molecule has 1 saturated carbocycles. The Balaban J connectivity index is 2.38. The van der Waals surface area contributed by atoms with Crippen LogP contribution in [0.3, 0.4) is 0 Å². The van der Waals surface area contributed by atoms with Crippen LogP contribution in [0.25, 0.3) is 0 Å². The Kier molecular flexibility index (Phi) is 2.26. The molecule has 3 N–H and O–H groups in total. The van der Waals surface area contributed by atoms with Crippen LogP contribution in [0.4, 0.5) is 4.39 Å². The average Bonchev–Trinajstić information content (AvgIpc) is 1.96. The van der Waals surface area contributed by atoms with Gasteiger partial charge in [-0.15, -0.1) is 0 Å². The van der Waals surface area contributed by atoms with Crippen molar-refractivity contribution in [2.45, 2.75) is 37.5 Å².